The van der Waals surface area contributed by atoms with E-state index in [1.165, 1.54) is 6.33 Å². The van der Waals surface area contributed by atoms with E-state index in [4.69, 9.17) is 0 Å². The molecule has 0 saturated carbocycles. The van der Waals surface area contributed by atoms with Gasteiger partial charge >= 0.3 is 0 Å². The van der Waals surface area contributed by atoms with Gasteiger partial charge in [-0.2, -0.15) is 0 Å². The van der Waals surface area contributed by atoms with Gasteiger partial charge in [-0.15, -0.1) is 4.83 Å². The standard InChI is InChI=1S/C7H10N6O2S/c1-13-4-10-5-6(8-3-9-7(5)13)11-12-16(2,14)15/h3-4,12H,1-2H3,(H,8,9,11). The van der Waals surface area contributed by atoms with Gasteiger partial charge in [-0.3, -0.25) is 5.43 Å². The highest BCUT2D eigenvalue weighted by atomic mass is 32.2. The van der Waals surface area contributed by atoms with Crippen molar-refractivity contribution in [2.24, 2.45) is 7.05 Å². The van der Waals surface area contributed by atoms with Gasteiger partial charge in [-0.1, -0.05) is 0 Å². The van der Waals surface area contributed by atoms with Crippen LogP contribution in [0.2, 0.25) is 0 Å². The molecule has 2 aromatic rings. The molecule has 0 saturated heterocycles. The largest absolute Gasteiger partial charge is 0.318 e. The molecule has 0 aromatic carbocycles. The number of hydrazine groups is 1. The molecule has 2 heterocycles. The maximum Gasteiger partial charge on any atom is 0.225 e. The van der Waals surface area contributed by atoms with Crippen LogP contribution in [-0.2, 0) is 17.1 Å². The Labute approximate surface area is 91.8 Å². The lowest BCUT2D eigenvalue weighted by Gasteiger charge is -2.05. The molecule has 16 heavy (non-hydrogen) atoms. The first-order valence-electron chi connectivity index (χ1n) is 4.32. The fraction of sp³-hybridized carbons (Fsp3) is 0.286. The van der Waals surface area contributed by atoms with Crippen molar-refractivity contribution in [1.29, 1.82) is 0 Å². The Kier molecular flexibility index (Phi) is 2.48. The SMILES string of the molecule is Cn1cnc2c(NNS(C)(=O)=O)ncnc21. The number of nitrogens with one attached hydrogen (secondary N) is 2. The molecule has 86 valence electrons. The van der Waals surface area contributed by atoms with Gasteiger partial charge in [0.15, 0.2) is 17.0 Å². The normalized spacial score (nSPS) is 11.9. The average Bonchev–Trinajstić information content (AvgIpc) is 2.57. The molecule has 0 spiro atoms. The first kappa shape index (κ1) is 10.8. The zero-order valence-corrected chi connectivity index (χ0v) is 9.48. The van der Waals surface area contributed by atoms with Crippen molar-refractivity contribution in [3.05, 3.63) is 12.7 Å². The van der Waals surface area contributed by atoms with E-state index in [1.807, 2.05) is 0 Å². The number of nitrogens with zero attached hydrogens (tertiary/aromatic N) is 4. The Balaban J connectivity index is 2.38. The molecule has 0 amide bonds. The summed E-state index contributed by atoms with van der Waals surface area (Å²) in [6.07, 6.45) is 3.94. The summed E-state index contributed by atoms with van der Waals surface area (Å²) in [7, 11) is -1.55. The second-order valence-electron chi connectivity index (χ2n) is 3.25. The van der Waals surface area contributed by atoms with E-state index in [2.05, 4.69) is 25.2 Å². The zero-order valence-electron chi connectivity index (χ0n) is 8.67. The highest BCUT2D eigenvalue weighted by Crippen LogP contribution is 2.15. The number of aromatic nitrogens is 4. The summed E-state index contributed by atoms with van der Waals surface area (Å²) < 4.78 is 23.5. The van der Waals surface area contributed by atoms with Crippen molar-refractivity contribution in [3.63, 3.8) is 0 Å². The van der Waals surface area contributed by atoms with Gasteiger partial charge in [0.25, 0.3) is 0 Å². The average molecular weight is 242 g/mol. The minimum atomic E-state index is -3.34. The van der Waals surface area contributed by atoms with Gasteiger partial charge in [0.2, 0.25) is 10.0 Å². The quantitative estimate of drug-likeness (QED) is 0.686. The first-order chi connectivity index (χ1) is 7.47. The van der Waals surface area contributed by atoms with Crippen molar-refractivity contribution in [2.45, 2.75) is 0 Å². The monoisotopic (exact) mass is 242 g/mol. The van der Waals surface area contributed by atoms with Crippen molar-refractivity contribution in [2.75, 3.05) is 11.7 Å². The van der Waals surface area contributed by atoms with Gasteiger partial charge < -0.3 is 4.57 Å². The van der Waals surface area contributed by atoms with E-state index in [1.54, 1.807) is 17.9 Å². The van der Waals surface area contributed by atoms with Crippen molar-refractivity contribution < 1.29 is 8.42 Å². The summed E-state index contributed by atoms with van der Waals surface area (Å²) >= 11 is 0. The lowest BCUT2D eigenvalue weighted by atomic mass is 10.5. The Hall–Kier alpha value is -1.74. The fourth-order valence-corrected chi connectivity index (χ4v) is 1.46. The Morgan fingerprint density at radius 1 is 1.31 bits per heavy atom. The highest BCUT2D eigenvalue weighted by Gasteiger charge is 2.09. The maximum atomic E-state index is 10.9. The van der Waals surface area contributed by atoms with Gasteiger partial charge in [0, 0.05) is 7.05 Å². The van der Waals surface area contributed by atoms with Crippen LogP contribution in [0, 0.1) is 0 Å². The number of fused-ring (bicyclic) bond motifs is 1. The number of hydrogen-bond acceptors (Lipinski definition) is 6. The second-order valence-corrected chi connectivity index (χ2v) is 5.00. The second kappa shape index (κ2) is 3.68. The topological polar surface area (TPSA) is 102 Å². The van der Waals surface area contributed by atoms with Crippen LogP contribution < -0.4 is 10.3 Å². The van der Waals surface area contributed by atoms with Crippen LogP contribution in [0.4, 0.5) is 5.82 Å². The lowest BCUT2D eigenvalue weighted by molar-refractivity contribution is 0.593. The maximum absolute atomic E-state index is 10.9. The third-order valence-corrected chi connectivity index (χ3v) is 2.32. The van der Waals surface area contributed by atoms with E-state index < -0.39 is 10.0 Å². The summed E-state index contributed by atoms with van der Waals surface area (Å²) in [6.45, 7) is 0. The van der Waals surface area contributed by atoms with E-state index >= 15 is 0 Å². The van der Waals surface area contributed by atoms with Crippen molar-refractivity contribution in [3.8, 4) is 0 Å². The molecule has 0 aliphatic heterocycles. The van der Waals surface area contributed by atoms with Gasteiger partial charge in [0.05, 0.1) is 12.6 Å². The molecule has 0 atom stereocenters. The van der Waals surface area contributed by atoms with Gasteiger partial charge in [-0.05, 0) is 0 Å². The van der Waals surface area contributed by atoms with Crippen LogP contribution in [0.1, 0.15) is 0 Å². The predicted octanol–water partition coefficient (Wildman–Crippen LogP) is -0.761. The Morgan fingerprint density at radius 2 is 2.06 bits per heavy atom. The van der Waals surface area contributed by atoms with Crippen LogP contribution in [0.3, 0.4) is 0 Å². The zero-order chi connectivity index (χ0) is 11.8. The minimum Gasteiger partial charge on any atom is -0.318 e. The van der Waals surface area contributed by atoms with Crippen molar-refractivity contribution in [1.82, 2.24) is 24.4 Å². The summed E-state index contributed by atoms with van der Waals surface area (Å²) in [5, 5.41) is 0. The van der Waals surface area contributed by atoms with E-state index in [0.29, 0.717) is 17.0 Å². The molecule has 0 unspecified atom stereocenters. The molecule has 2 N–H and O–H groups in total. The molecule has 0 radical (unpaired) electrons. The number of imidazole rings is 1. The summed E-state index contributed by atoms with van der Waals surface area (Å²) in [5.74, 6) is 0.316. The van der Waals surface area contributed by atoms with E-state index in [-0.39, 0.29) is 0 Å². The Morgan fingerprint density at radius 3 is 2.75 bits per heavy atom. The van der Waals surface area contributed by atoms with Crippen LogP contribution in [0.15, 0.2) is 12.7 Å². The number of rotatable bonds is 3. The van der Waals surface area contributed by atoms with Crippen LogP contribution >= 0.6 is 0 Å². The predicted molar refractivity (Wildman–Crippen MR) is 57.9 cm³/mol. The van der Waals surface area contributed by atoms with Crippen LogP contribution in [0.25, 0.3) is 11.2 Å². The molecule has 8 nitrogen and oxygen atoms in total. The smallest absolute Gasteiger partial charge is 0.225 e. The molecule has 0 aliphatic rings. The molecule has 0 aliphatic carbocycles. The fourth-order valence-electron chi connectivity index (χ4n) is 1.18. The number of sulfonamides is 1. The first-order valence-corrected chi connectivity index (χ1v) is 6.21. The van der Waals surface area contributed by atoms with E-state index in [0.717, 1.165) is 6.26 Å². The molecule has 2 rings (SSSR count). The summed E-state index contributed by atoms with van der Waals surface area (Å²) in [5.41, 5.74) is 3.60. The summed E-state index contributed by atoms with van der Waals surface area (Å²) in [6, 6.07) is 0. The highest BCUT2D eigenvalue weighted by molar-refractivity contribution is 7.88. The number of anilines is 1. The summed E-state index contributed by atoms with van der Waals surface area (Å²) in [4.78, 5) is 14.1. The molecular formula is C7H10N6O2S. The Bertz CT molecular complexity index is 619. The molecule has 2 aromatic heterocycles. The van der Waals surface area contributed by atoms with Gasteiger partial charge in [0.1, 0.15) is 6.33 Å². The molecular weight excluding hydrogens is 232 g/mol. The van der Waals surface area contributed by atoms with Crippen LogP contribution in [0.5, 0.6) is 0 Å². The molecule has 9 heteroatoms. The minimum absolute atomic E-state index is 0.316. The van der Waals surface area contributed by atoms with E-state index in [9.17, 15) is 8.42 Å². The molecule has 0 fully saturated rings. The third kappa shape index (κ3) is 2.09. The third-order valence-electron chi connectivity index (χ3n) is 1.85. The van der Waals surface area contributed by atoms with Crippen LogP contribution in [-0.4, -0.2) is 34.2 Å². The van der Waals surface area contributed by atoms with Gasteiger partial charge in [-0.25, -0.2) is 23.4 Å². The molecule has 0 bridgehead atoms. The number of aryl methyl sites for hydroxylation is 1. The van der Waals surface area contributed by atoms with Crippen molar-refractivity contribution >= 4 is 27.0 Å². The number of hydrogen-bond donors (Lipinski definition) is 2. The lowest BCUT2D eigenvalue weighted by Crippen LogP contribution is -2.28.